The smallest absolute Gasteiger partial charge is 0.406 e. The van der Waals surface area contributed by atoms with Gasteiger partial charge in [-0.05, 0) is 49.0 Å². The molecular weight excluding hydrogens is 500 g/mol. The molecule has 1 unspecified atom stereocenters. The van der Waals surface area contributed by atoms with E-state index in [-0.39, 0.29) is 16.5 Å². The second-order valence-corrected chi connectivity index (χ2v) is 9.10. The van der Waals surface area contributed by atoms with Crippen LogP contribution < -0.4 is 14.4 Å². The molecule has 0 spiro atoms. The van der Waals surface area contributed by atoms with Gasteiger partial charge in [0.15, 0.2) is 11.5 Å². The molecule has 0 aliphatic heterocycles. The van der Waals surface area contributed by atoms with Gasteiger partial charge in [0.05, 0.1) is 17.3 Å². The van der Waals surface area contributed by atoms with Crippen LogP contribution in [0.25, 0.3) is 0 Å². The second kappa shape index (κ2) is 11.2. The number of carbonyl (C=O) groups excluding carboxylic acids is 1. The lowest BCUT2D eigenvalue weighted by atomic mass is 10.1. The molecule has 0 N–H and O–H groups in total. The number of anilines is 1. The fourth-order valence-electron chi connectivity index (χ4n) is 3.54. The molecule has 1 saturated carbocycles. The van der Waals surface area contributed by atoms with Crippen molar-refractivity contribution in [3.8, 4) is 17.2 Å². The predicted molar refractivity (Wildman–Crippen MR) is 131 cm³/mol. The molecule has 1 aliphatic rings. The summed E-state index contributed by atoms with van der Waals surface area (Å²) in [5, 5.41) is -0.113. The van der Waals surface area contributed by atoms with Gasteiger partial charge in [-0.1, -0.05) is 43.8 Å². The molecule has 3 rings (SSSR count). The molecule has 5 nitrogen and oxygen atoms in total. The number of alkyl halides is 3. The number of hydrogen-bond acceptors (Lipinski definition) is 3. The minimum absolute atomic E-state index is 0.0347. The number of halogens is 5. The first kappa shape index (κ1) is 27.4. The van der Waals surface area contributed by atoms with Crippen molar-refractivity contribution < 1.29 is 31.8 Å². The fourth-order valence-corrected chi connectivity index (χ4v) is 3.73. The van der Waals surface area contributed by atoms with Crippen LogP contribution in [0.15, 0.2) is 61.3 Å². The van der Waals surface area contributed by atoms with Gasteiger partial charge in [-0.25, -0.2) is 9.18 Å². The van der Waals surface area contributed by atoms with Gasteiger partial charge < -0.3 is 14.4 Å². The topological polar surface area (TPSA) is 42.0 Å². The Morgan fingerprint density at radius 3 is 2.44 bits per heavy atom. The van der Waals surface area contributed by atoms with Gasteiger partial charge in [0.2, 0.25) is 0 Å². The van der Waals surface area contributed by atoms with E-state index in [1.165, 1.54) is 12.8 Å². The van der Waals surface area contributed by atoms with E-state index in [1.54, 1.807) is 24.3 Å². The van der Waals surface area contributed by atoms with Crippen molar-refractivity contribution in [2.24, 2.45) is 11.8 Å². The highest BCUT2D eigenvalue weighted by Gasteiger charge is 2.34. The molecule has 1 atom stereocenters. The van der Waals surface area contributed by atoms with Crippen molar-refractivity contribution in [3.05, 3.63) is 72.2 Å². The van der Waals surface area contributed by atoms with Crippen molar-refractivity contribution in [1.29, 1.82) is 0 Å². The lowest BCUT2D eigenvalue weighted by molar-refractivity contribution is -0.137. The van der Waals surface area contributed by atoms with Crippen LogP contribution in [0.1, 0.15) is 19.8 Å². The number of carbonyl (C=O) groups is 1. The predicted octanol–water partition coefficient (Wildman–Crippen LogP) is 7.82. The molecule has 0 saturated heterocycles. The van der Waals surface area contributed by atoms with Gasteiger partial charge in [-0.15, -0.1) is 0 Å². The summed E-state index contributed by atoms with van der Waals surface area (Å²) in [7, 11) is 0.945. The number of benzene rings is 2. The summed E-state index contributed by atoms with van der Waals surface area (Å²) in [5.74, 6) is 0.760. The van der Waals surface area contributed by atoms with Crippen molar-refractivity contribution >= 4 is 23.3 Å². The van der Waals surface area contributed by atoms with Crippen LogP contribution in [0.4, 0.5) is 28.0 Å². The summed E-state index contributed by atoms with van der Waals surface area (Å²) < 4.78 is 65.5. The van der Waals surface area contributed by atoms with Crippen LogP contribution in [-0.2, 0) is 0 Å². The molecule has 2 amide bonds. The average Bonchev–Trinajstić information content (AvgIpc) is 3.65. The highest BCUT2D eigenvalue weighted by atomic mass is 35.5. The first-order valence-electron chi connectivity index (χ1n) is 11.2. The standard InChI is InChI=1S/C26H27ClF4N2O3/c1-5-17(3)33(25(34)32(4)15-26(29,30)31)21-13-24(19(27)12-20(21)28)36-23-9-7-6-8-22(23)35-14-16(2)18-10-11-18/h5-9,12-13,16,18H,1,3,10-11,14-15H2,2,4H3. The van der Waals surface area contributed by atoms with Crippen molar-refractivity contribution in [2.45, 2.75) is 25.9 Å². The molecule has 2 aromatic rings. The van der Waals surface area contributed by atoms with Crippen molar-refractivity contribution in [1.82, 2.24) is 4.90 Å². The van der Waals surface area contributed by atoms with Gasteiger partial charge in [-0.3, -0.25) is 4.90 Å². The Balaban J connectivity index is 1.92. The number of allylic oxidation sites excluding steroid dienone is 1. The highest BCUT2D eigenvalue weighted by molar-refractivity contribution is 6.32. The number of ether oxygens (including phenoxy) is 2. The van der Waals surface area contributed by atoms with E-state index >= 15 is 0 Å². The first-order valence-corrected chi connectivity index (χ1v) is 11.6. The van der Waals surface area contributed by atoms with Crippen LogP contribution in [0.3, 0.4) is 0 Å². The maximum Gasteiger partial charge on any atom is 0.406 e. The fraction of sp³-hybridized carbons (Fsp3) is 0.346. The number of hydrogen-bond donors (Lipinski definition) is 0. The number of rotatable bonds is 10. The van der Waals surface area contributed by atoms with E-state index < -0.39 is 30.3 Å². The summed E-state index contributed by atoms with van der Waals surface area (Å²) in [4.78, 5) is 13.9. The van der Waals surface area contributed by atoms with E-state index in [2.05, 4.69) is 20.1 Å². The van der Waals surface area contributed by atoms with Gasteiger partial charge in [-0.2, -0.15) is 13.2 Å². The van der Waals surface area contributed by atoms with Crippen LogP contribution in [0.2, 0.25) is 5.02 Å². The molecule has 1 fully saturated rings. The van der Waals surface area contributed by atoms with Crippen LogP contribution >= 0.6 is 11.6 Å². The summed E-state index contributed by atoms with van der Waals surface area (Å²) in [6.07, 6.45) is -1.17. The largest absolute Gasteiger partial charge is 0.489 e. The molecule has 194 valence electrons. The number of amides is 2. The zero-order valence-corrected chi connectivity index (χ0v) is 20.7. The number of nitrogens with zero attached hydrogens (tertiary/aromatic N) is 2. The molecule has 2 aromatic carbocycles. The Kier molecular flexibility index (Phi) is 8.55. The molecule has 36 heavy (non-hydrogen) atoms. The molecule has 0 radical (unpaired) electrons. The van der Waals surface area contributed by atoms with E-state index in [0.29, 0.717) is 39.7 Å². The van der Waals surface area contributed by atoms with Crippen LogP contribution in [0, 0.1) is 17.7 Å². The number of para-hydroxylation sites is 2. The minimum Gasteiger partial charge on any atom is -0.489 e. The zero-order chi connectivity index (χ0) is 26.6. The molecule has 0 bridgehead atoms. The maximum atomic E-state index is 15.0. The molecule has 1 aliphatic carbocycles. The summed E-state index contributed by atoms with van der Waals surface area (Å²) in [6.45, 7) is 8.16. The number of urea groups is 1. The Labute approximate surface area is 212 Å². The van der Waals surface area contributed by atoms with E-state index in [9.17, 15) is 22.4 Å². The Hall–Kier alpha value is -3.20. The summed E-state index contributed by atoms with van der Waals surface area (Å²) >= 11 is 6.22. The van der Waals surface area contributed by atoms with Crippen molar-refractivity contribution in [2.75, 3.05) is 25.1 Å². The van der Waals surface area contributed by atoms with E-state index in [0.717, 1.165) is 25.3 Å². The third kappa shape index (κ3) is 6.94. The minimum atomic E-state index is -4.65. The van der Waals surface area contributed by atoms with Crippen LogP contribution in [-0.4, -0.2) is 37.3 Å². The molecule has 10 heteroatoms. The molecular formula is C26H27ClF4N2O3. The maximum absolute atomic E-state index is 15.0. The van der Waals surface area contributed by atoms with Gasteiger partial charge >= 0.3 is 12.2 Å². The third-order valence-corrected chi connectivity index (χ3v) is 5.99. The van der Waals surface area contributed by atoms with Crippen LogP contribution in [0.5, 0.6) is 17.2 Å². The quantitative estimate of drug-likeness (QED) is 0.234. The van der Waals surface area contributed by atoms with E-state index in [1.807, 2.05) is 0 Å². The average molecular weight is 527 g/mol. The van der Waals surface area contributed by atoms with Gasteiger partial charge in [0, 0.05) is 18.8 Å². The van der Waals surface area contributed by atoms with Crippen molar-refractivity contribution in [3.63, 3.8) is 0 Å². The van der Waals surface area contributed by atoms with E-state index in [4.69, 9.17) is 21.1 Å². The van der Waals surface area contributed by atoms with Gasteiger partial charge in [0.1, 0.15) is 18.1 Å². The third-order valence-electron chi connectivity index (χ3n) is 5.70. The Morgan fingerprint density at radius 1 is 1.22 bits per heavy atom. The monoisotopic (exact) mass is 526 g/mol. The lowest BCUT2D eigenvalue weighted by Gasteiger charge is -2.29. The first-order chi connectivity index (χ1) is 16.9. The summed E-state index contributed by atoms with van der Waals surface area (Å²) in [6, 6.07) is 7.70. The molecule has 0 aromatic heterocycles. The highest BCUT2D eigenvalue weighted by Crippen LogP contribution is 2.41. The normalized spacial score (nSPS) is 14.1. The Morgan fingerprint density at radius 2 is 1.86 bits per heavy atom. The second-order valence-electron chi connectivity index (χ2n) is 8.69. The summed E-state index contributed by atoms with van der Waals surface area (Å²) in [5.41, 5.74) is -0.543. The Bertz CT molecular complexity index is 1130. The SMILES string of the molecule is C=CC(=C)N(C(=O)N(C)CC(F)(F)F)c1cc(Oc2ccccc2OCC(C)C2CC2)c(Cl)cc1F. The van der Waals surface area contributed by atoms with Gasteiger partial charge in [0.25, 0.3) is 0 Å². The molecule has 0 heterocycles. The zero-order valence-electron chi connectivity index (χ0n) is 19.9. The lowest BCUT2D eigenvalue weighted by Crippen LogP contribution is -2.44.